The zero-order valence-corrected chi connectivity index (χ0v) is 22.7. The van der Waals surface area contributed by atoms with Crippen molar-refractivity contribution in [2.75, 3.05) is 6.16 Å². The number of benzene rings is 4. The van der Waals surface area contributed by atoms with Crippen molar-refractivity contribution >= 4 is 30.3 Å². The molecule has 0 aromatic heterocycles. The van der Waals surface area contributed by atoms with Crippen LogP contribution < -0.4 is 21.2 Å². The van der Waals surface area contributed by atoms with Crippen molar-refractivity contribution in [1.82, 2.24) is 10.6 Å². The fourth-order valence-corrected chi connectivity index (χ4v) is 6.90. The van der Waals surface area contributed by atoms with Crippen molar-refractivity contribution in [3.05, 3.63) is 132 Å². The highest BCUT2D eigenvalue weighted by Gasteiger charge is 2.28. The smallest absolute Gasteiger partial charge is 0.220 e. The second-order valence-corrected chi connectivity index (χ2v) is 11.6. The van der Waals surface area contributed by atoms with E-state index in [0.29, 0.717) is 12.8 Å². The van der Waals surface area contributed by atoms with Gasteiger partial charge in [0.2, 0.25) is 11.8 Å². The van der Waals surface area contributed by atoms with E-state index in [0.717, 1.165) is 23.7 Å². The SMILES string of the molecule is CCCC(=O)N[C@H](c1ccccc1)[C@H](NC(=O)CCP(c1ccccc1)c1ccccc1)c1ccccc1. The molecule has 0 spiro atoms. The first kappa shape index (κ1) is 27.3. The van der Waals surface area contributed by atoms with E-state index in [1.165, 1.54) is 10.6 Å². The summed E-state index contributed by atoms with van der Waals surface area (Å²) in [6.07, 6.45) is 2.34. The monoisotopic (exact) mass is 522 g/mol. The van der Waals surface area contributed by atoms with E-state index < -0.39 is 14.0 Å². The predicted octanol–water partition coefficient (Wildman–Crippen LogP) is 6.02. The summed E-state index contributed by atoms with van der Waals surface area (Å²) in [4.78, 5) is 26.3. The molecule has 0 heterocycles. The van der Waals surface area contributed by atoms with Crippen molar-refractivity contribution in [2.45, 2.75) is 38.3 Å². The Balaban J connectivity index is 1.58. The normalized spacial score (nSPS) is 12.5. The second-order valence-electron chi connectivity index (χ2n) is 9.23. The van der Waals surface area contributed by atoms with Gasteiger partial charge < -0.3 is 10.6 Å². The third-order valence-electron chi connectivity index (χ3n) is 6.46. The van der Waals surface area contributed by atoms with Gasteiger partial charge in [-0.2, -0.15) is 0 Å². The molecule has 2 amide bonds. The number of nitrogens with one attached hydrogen (secondary N) is 2. The molecule has 0 saturated heterocycles. The van der Waals surface area contributed by atoms with Gasteiger partial charge in [0.15, 0.2) is 0 Å². The maximum Gasteiger partial charge on any atom is 0.220 e. The zero-order chi connectivity index (χ0) is 26.6. The minimum absolute atomic E-state index is 0.0202. The summed E-state index contributed by atoms with van der Waals surface area (Å²) in [5.74, 6) is -0.0444. The molecule has 4 aromatic rings. The predicted molar refractivity (Wildman–Crippen MR) is 158 cm³/mol. The largest absolute Gasteiger partial charge is 0.347 e. The van der Waals surface area contributed by atoms with Crippen LogP contribution in [0.1, 0.15) is 49.4 Å². The van der Waals surface area contributed by atoms with E-state index in [2.05, 4.69) is 59.2 Å². The summed E-state index contributed by atoms with van der Waals surface area (Å²) in [5, 5.41) is 9.02. The number of hydrogen-bond acceptors (Lipinski definition) is 2. The summed E-state index contributed by atoms with van der Waals surface area (Å²) in [7, 11) is -0.671. The standard InChI is InChI=1S/C33H35N2O2P/c1-2-15-30(36)34-32(26-16-7-3-8-17-26)33(27-18-9-4-10-19-27)35-31(37)24-25-38(28-20-11-5-12-21-28)29-22-13-6-14-23-29/h3-14,16-23,32-33H,2,15,24-25H2,1H3,(H,34,36)(H,35,37)/t32-,33-/m1/s1. The van der Waals surface area contributed by atoms with Gasteiger partial charge in [0.1, 0.15) is 0 Å². The van der Waals surface area contributed by atoms with Crippen molar-refractivity contribution in [3.8, 4) is 0 Å². The number of rotatable bonds is 12. The molecule has 0 saturated carbocycles. The first-order valence-corrected chi connectivity index (χ1v) is 14.7. The van der Waals surface area contributed by atoms with E-state index in [9.17, 15) is 9.59 Å². The quantitative estimate of drug-likeness (QED) is 0.224. The van der Waals surface area contributed by atoms with Crippen molar-refractivity contribution in [2.24, 2.45) is 0 Å². The summed E-state index contributed by atoms with van der Waals surface area (Å²) in [6, 6.07) is 39.9. The Morgan fingerprint density at radius 2 is 0.947 bits per heavy atom. The average Bonchev–Trinajstić information content (AvgIpc) is 2.97. The lowest BCUT2D eigenvalue weighted by Crippen LogP contribution is -2.41. The minimum atomic E-state index is -0.671. The van der Waals surface area contributed by atoms with Gasteiger partial charge in [-0.25, -0.2) is 0 Å². The lowest BCUT2D eigenvalue weighted by molar-refractivity contribution is -0.124. The van der Waals surface area contributed by atoms with Crippen LogP contribution in [0.4, 0.5) is 0 Å². The van der Waals surface area contributed by atoms with E-state index >= 15 is 0 Å². The van der Waals surface area contributed by atoms with E-state index in [1.54, 1.807) is 0 Å². The van der Waals surface area contributed by atoms with Crippen molar-refractivity contribution < 1.29 is 9.59 Å². The molecule has 0 aliphatic heterocycles. The molecule has 2 atom stereocenters. The molecule has 0 bridgehead atoms. The first-order valence-electron chi connectivity index (χ1n) is 13.2. The van der Waals surface area contributed by atoms with Gasteiger partial charge in [-0.1, -0.05) is 128 Å². The van der Waals surface area contributed by atoms with Crippen molar-refractivity contribution in [3.63, 3.8) is 0 Å². The third-order valence-corrected chi connectivity index (χ3v) is 8.97. The van der Waals surface area contributed by atoms with Crippen LogP contribution in [0, 0.1) is 0 Å². The Bertz CT molecular complexity index is 1230. The Morgan fingerprint density at radius 1 is 0.579 bits per heavy atom. The van der Waals surface area contributed by atoms with Crippen molar-refractivity contribution in [1.29, 1.82) is 0 Å². The zero-order valence-electron chi connectivity index (χ0n) is 21.8. The first-order chi connectivity index (χ1) is 18.7. The van der Waals surface area contributed by atoms with Gasteiger partial charge >= 0.3 is 0 Å². The summed E-state index contributed by atoms with van der Waals surface area (Å²) in [6.45, 7) is 1.99. The maximum absolute atomic E-state index is 13.5. The van der Waals surface area contributed by atoms with Crippen LogP contribution in [0.3, 0.4) is 0 Å². The molecule has 4 nitrogen and oxygen atoms in total. The Kier molecular flexibility index (Phi) is 10.2. The van der Waals surface area contributed by atoms with Gasteiger partial charge in [0.25, 0.3) is 0 Å². The Labute approximate surface area is 227 Å². The van der Waals surface area contributed by atoms with Gasteiger partial charge in [-0.05, 0) is 42.2 Å². The second kappa shape index (κ2) is 14.3. The van der Waals surface area contributed by atoms with Crippen LogP contribution in [-0.4, -0.2) is 18.0 Å². The van der Waals surface area contributed by atoms with E-state index in [-0.39, 0.29) is 17.9 Å². The fourth-order valence-electron chi connectivity index (χ4n) is 4.59. The molecular formula is C33H35N2O2P. The van der Waals surface area contributed by atoms with E-state index in [4.69, 9.17) is 0 Å². The highest BCUT2D eigenvalue weighted by atomic mass is 31.1. The molecule has 38 heavy (non-hydrogen) atoms. The average molecular weight is 523 g/mol. The van der Waals surface area contributed by atoms with Crippen LogP contribution in [0.5, 0.6) is 0 Å². The van der Waals surface area contributed by atoms with Gasteiger partial charge in [-0.3, -0.25) is 9.59 Å². The number of hydrogen-bond donors (Lipinski definition) is 2. The molecule has 4 aromatic carbocycles. The number of amides is 2. The molecule has 5 heteroatoms. The highest BCUT2D eigenvalue weighted by molar-refractivity contribution is 7.73. The number of carbonyl (C=O) groups excluding carboxylic acids is 2. The van der Waals surface area contributed by atoms with Crippen LogP contribution in [0.25, 0.3) is 0 Å². The van der Waals surface area contributed by atoms with Crippen LogP contribution in [0.15, 0.2) is 121 Å². The number of carbonyl (C=O) groups is 2. The summed E-state index contributed by atoms with van der Waals surface area (Å²) in [5.41, 5.74) is 1.92. The molecule has 2 N–H and O–H groups in total. The lowest BCUT2D eigenvalue weighted by Gasteiger charge is -2.30. The van der Waals surface area contributed by atoms with Crippen LogP contribution in [0.2, 0.25) is 0 Å². The molecule has 0 unspecified atom stereocenters. The molecule has 0 fully saturated rings. The van der Waals surface area contributed by atoms with Gasteiger partial charge in [0, 0.05) is 12.8 Å². The third kappa shape index (κ3) is 7.63. The minimum Gasteiger partial charge on any atom is -0.347 e. The topological polar surface area (TPSA) is 58.2 Å². The fraction of sp³-hybridized carbons (Fsp3) is 0.212. The van der Waals surface area contributed by atoms with E-state index in [1.807, 2.05) is 79.7 Å². The van der Waals surface area contributed by atoms with Crippen LogP contribution in [-0.2, 0) is 9.59 Å². The molecule has 194 valence electrons. The highest BCUT2D eigenvalue weighted by Crippen LogP contribution is 2.35. The van der Waals surface area contributed by atoms with Gasteiger partial charge in [-0.15, -0.1) is 0 Å². The van der Waals surface area contributed by atoms with Crippen LogP contribution >= 0.6 is 7.92 Å². The lowest BCUT2D eigenvalue weighted by atomic mass is 9.92. The molecular weight excluding hydrogens is 487 g/mol. The summed E-state index contributed by atoms with van der Waals surface area (Å²) >= 11 is 0. The molecule has 0 aliphatic rings. The molecule has 0 aliphatic carbocycles. The summed E-state index contributed by atoms with van der Waals surface area (Å²) < 4.78 is 0. The molecule has 4 rings (SSSR count). The Hall–Kier alpha value is -3.75. The maximum atomic E-state index is 13.5. The molecule has 0 radical (unpaired) electrons. The van der Waals surface area contributed by atoms with Gasteiger partial charge in [0.05, 0.1) is 12.1 Å². The Morgan fingerprint density at radius 3 is 1.34 bits per heavy atom.